The number of likely N-dealkylation sites (N-methyl/N-ethyl adjacent to an activating group) is 1. The van der Waals surface area contributed by atoms with E-state index in [1.54, 1.807) is 11.0 Å². The molecular formula is C21H25NO2. The van der Waals surface area contributed by atoms with E-state index in [2.05, 4.69) is 6.92 Å². The predicted octanol–water partition coefficient (Wildman–Crippen LogP) is 4.54. The minimum Gasteiger partial charge on any atom is -0.493 e. The Morgan fingerprint density at radius 1 is 1.08 bits per heavy atom. The van der Waals surface area contributed by atoms with Crippen LogP contribution in [0.25, 0.3) is 6.08 Å². The molecule has 0 heterocycles. The van der Waals surface area contributed by atoms with Gasteiger partial charge in [0.05, 0.1) is 6.61 Å². The van der Waals surface area contributed by atoms with E-state index in [0.29, 0.717) is 13.2 Å². The van der Waals surface area contributed by atoms with E-state index < -0.39 is 0 Å². The number of para-hydroxylation sites is 1. The van der Waals surface area contributed by atoms with Crippen LogP contribution in [0.1, 0.15) is 30.9 Å². The van der Waals surface area contributed by atoms with E-state index in [1.807, 2.05) is 67.7 Å². The van der Waals surface area contributed by atoms with E-state index in [-0.39, 0.29) is 5.91 Å². The van der Waals surface area contributed by atoms with Gasteiger partial charge in [0.25, 0.3) is 0 Å². The maximum Gasteiger partial charge on any atom is 0.246 e. The number of carbonyl (C=O) groups is 1. The molecule has 1 amide bonds. The van der Waals surface area contributed by atoms with Crippen molar-refractivity contribution >= 4 is 12.0 Å². The average Bonchev–Trinajstić information content (AvgIpc) is 2.61. The van der Waals surface area contributed by atoms with Crippen molar-refractivity contribution in [3.8, 4) is 5.75 Å². The van der Waals surface area contributed by atoms with Gasteiger partial charge in [-0.15, -0.1) is 0 Å². The molecule has 2 aromatic carbocycles. The van der Waals surface area contributed by atoms with Gasteiger partial charge in [0.15, 0.2) is 0 Å². The van der Waals surface area contributed by atoms with Crippen LogP contribution < -0.4 is 4.74 Å². The topological polar surface area (TPSA) is 29.5 Å². The molecule has 3 nitrogen and oxygen atoms in total. The van der Waals surface area contributed by atoms with Gasteiger partial charge in [0.1, 0.15) is 5.75 Å². The van der Waals surface area contributed by atoms with Gasteiger partial charge in [-0.05, 0) is 24.1 Å². The zero-order valence-corrected chi connectivity index (χ0v) is 14.4. The van der Waals surface area contributed by atoms with Crippen LogP contribution in [0.5, 0.6) is 5.75 Å². The highest BCUT2D eigenvalue weighted by molar-refractivity contribution is 5.92. The summed E-state index contributed by atoms with van der Waals surface area (Å²) in [6.07, 6.45) is 5.55. The molecule has 0 bridgehead atoms. The second kappa shape index (κ2) is 9.56. The minimum atomic E-state index is -0.0257. The Labute approximate surface area is 144 Å². The highest BCUT2D eigenvalue weighted by atomic mass is 16.5. The molecule has 0 aromatic heterocycles. The first kappa shape index (κ1) is 17.8. The van der Waals surface area contributed by atoms with Crippen LogP contribution in [-0.4, -0.2) is 24.5 Å². The molecule has 24 heavy (non-hydrogen) atoms. The molecule has 0 fully saturated rings. The largest absolute Gasteiger partial charge is 0.493 e. The molecule has 0 saturated heterocycles. The maximum atomic E-state index is 12.3. The fourth-order valence-electron chi connectivity index (χ4n) is 2.30. The molecule has 0 unspecified atom stereocenters. The Morgan fingerprint density at radius 3 is 2.54 bits per heavy atom. The van der Waals surface area contributed by atoms with Gasteiger partial charge in [0.2, 0.25) is 5.91 Å². The van der Waals surface area contributed by atoms with Crippen molar-refractivity contribution in [1.29, 1.82) is 0 Å². The van der Waals surface area contributed by atoms with Crippen LogP contribution in [0, 0.1) is 0 Å². The molecule has 0 radical (unpaired) electrons. The van der Waals surface area contributed by atoms with Gasteiger partial charge in [-0.2, -0.15) is 0 Å². The van der Waals surface area contributed by atoms with Crippen LogP contribution in [0.3, 0.4) is 0 Å². The van der Waals surface area contributed by atoms with Crippen molar-refractivity contribution in [3.63, 3.8) is 0 Å². The molecule has 2 aromatic rings. The van der Waals surface area contributed by atoms with Crippen LogP contribution in [-0.2, 0) is 11.3 Å². The number of unbranched alkanes of at least 4 members (excludes halogenated alkanes) is 1. The van der Waals surface area contributed by atoms with Crippen LogP contribution in [0.4, 0.5) is 0 Å². The third kappa shape index (κ3) is 5.58. The molecule has 0 saturated carbocycles. The van der Waals surface area contributed by atoms with E-state index in [9.17, 15) is 4.79 Å². The Morgan fingerprint density at radius 2 is 1.79 bits per heavy atom. The summed E-state index contributed by atoms with van der Waals surface area (Å²) in [7, 11) is 1.81. The van der Waals surface area contributed by atoms with Crippen molar-refractivity contribution < 1.29 is 9.53 Å². The molecule has 0 aliphatic heterocycles. The van der Waals surface area contributed by atoms with E-state index in [1.165, 1.54) is 0 Å². The number of ether oxygens (including phenoxy) is 1. The summed E-state index contributed by atoms with van der Waals surface area (Å²) in [5, 5.41) is 0. The lowest BCUT2D eigenvalue weighted by atomic mass is 10.1. The summed E-state index contributed by atoms with van der Waals surface area (Å²) in [6.45, 7) is 3.43. The first-order valence-electron chi connectivity index (χ1n) is 8.39. The smallest absolute Gasteiger partial charge is 0.246 e. The zero-order chi connectivity index (χ0) is 17.2. The fourth-order valence-corrected chi connectivity index (χ4v) is 2.30. The molecule has 0 N–H and O–H groups in total. The number of amides is 1. The molecule has 0 aliphatic rings. The minimum absolute atomic E-state index is 0.0257. The first-order chi connectivity index (χ1) is 11.7. The van der Waals surface area contributed by atoms with Crippen LogP contribution in [0.15, 0.2) is 60.7 Å². The second-order valence-electron chi connectivity index (χ2n) is 5.75. The van der Waals surface area contributed by atoms with Crippen molar-refractivity contribution in [1.82, 2.24) is 4.90 Å². The standard InChI is InChI=1S/C21H25NO2/c1-3-4-16-24-20-13-9-8-12-19(20)14-15-21(23)22(2)17-18-10-6-5-7-11-18/h5-15H,3-4,16-17H2,1-2H3/b15-14+. The molecule has 0 atom stereocenters. The van der Waals surface area contributed by atoms with Gasteiger partial charge in [-0.25, -0.2) is 0 Å². The summed E-state index contributed by atoms with van der Waals surface area (Å²) < 4.78 is 5.79. The normalized spacial score (nSPS) is 10.8. The lowest BCUT2D eigenvalue weighted by molar-refractivity contribution is -0.125. The molecule has 3 heteroatoms. The summed E-state index contributed by atoms with van der Waals surface area (Å²) in [6, 6.07) is 17.8. The van der Waals surface area contributed by atoms with E-state index >= 15 is 0 Å². The number of carbonyl (C=O) groups excluding carboxylic acids is 1. The maximum absolute atomic E-state index is 12.3. The van der Waals surface area contributed by atoms with Crippen molar-refractivity contribution in [2.24, 2.45) is 0 Å². The van der Waals surface area contributed by atoms with E-state index in [0.717, 1.165) is 29.7 Å². The quantitative estimate of drug-likeness (QED) is 0.527. The van der Waals surface area contributed by atoms with Crippen molar-refractivity contribution in [3.05, 3.63) is 71.8 Å². The summed E-state index contributed by atoms with van der Waals surface area (Å²) in [4.78, 5) is 14.0. The zero-order valence-electron chi connectivity index (χ0n) is 14.4. The third-order valence-electron chi connectivity index (χ3n) is 3.72. The first-order valence-corrected chi connectivity index (χ1v) is 8.39. The van der Waals surface area contributed by atoms with Crippen LogP contribution >= 0.6 is 0 Å². The van der Waals surface area contributed by atoms with Gasteiger partial charge >= 0.3 is 0 Å². The molecule has 0 spiro atoms. The van der Waals surface area contributed by atoms with Gasteiger partial charge in [0, 0.05) is 25.2 Å². The van der Waals surface area contributed by atoms with Gasteiger partial charge in [-0.1, -0.05) is 61.9 Å². The Bertz CT molecular complexity index is 665. The highest BCUT2D eigenvalue weighted by Crippen LogP contribution is 2.20. The number of benzene rings is 2. The van der Waals surface area contributed by atoms with Crippen molar-refractivity contribution in [2.45, 2.75) is 26.3 Å². The van der Waals surface area contributed by atoms with E-state index in [4.69, 9.17) is 4.74 Å². The number of hydrogen-bond acceptors (Lipinski definition) is 2. The summed E-state index contributed by atoms with van der Waals surface area (Å²) in [5.74, 6) is 0.794. The SMILES string of the molecule is CCCCOc1ccccc1/C=C/C(=O)N(C)Cc1ccccc1. The highest BCUT2D eigenvalue weighted by Gasteiger charge is 2.06. The average molecular weight is 323 g/mol. The van der Waals surface area contributed by atoms with Crippen LogP contribution in [0.2, 0.25) is 0 Å². The monoisotopic (exact) mass is 323 g/mol. The number of hydrogen-bond donors (Lipinski definition) is 0. The Kier molecular flexibility index (Phi) is 7.09. The van der Waals surface area contributed by atoms with Gasteiger partial charge < -0.3 is 9.64 Å². The number of nitrogens with zero attached hydrogens (tertiary/aromatic N) is 1. The molecule has 126 valence electrons. The van der Waals surface area contributed by atoms with Gasteiger partial charge in [-0.3, -0.25) is 4.79 Å². The summed E-state index contributed by atoms with van der Waals surface area (Å²) in [5.41, 5.74) is 2.04. The second-order valence-corrected chi connectivity index (χ2v) is 5.75. The molecular weight excluding hydrogens is 298 g/mol. The number of rotatable bonds is 8. The molecule has 2 rings (SSSR count). The summed E-state index contributed by atoms with van der Waals surface area (Å²) >= 11 is 0. The molecule has 0 aliphatic carbocycles. The Hall–Kier alpha value is -2.55. The lowest BCUT2D eigenvalue weighted by Gasteiger charge is -2.15. The lowest BCUT2D eigenvalue weighted by Crippen LogP contribution is -2.24. The van der Waals surface area contributed by atoms with Crippen molar-refractivity contribution in [2.75, 3.05) is 13.7 Å². The Balaban J connectivity index is 1.98. The third-order valence-corrected chi connectivity index (χ3v) is 3.72. The predicted molar refractivity (Wildman–Crippen MR) is 98.8 cm³/mol. The fraction of sp³-hybridized carbons (Fsp3) is 0.286.